The molecular weight excluding hydrogens is 602 g/mol. The second kappa shape index (κ2) is 11.6. The average molecular weight is 632 g/mol. The fourth-order valence-electron chi connectivity index (χ4n) is 4.54. The molecule has 4 rings (SSSR count). The molecule has 9 nitrogen and oxygen atoms in total. The summed E-state index contributed by atoms with van der Waals surface area (Å²) in [5.74, 6) is -0.518. The summed E-state index contributed by atoms with van der Waals surface area (Å²) in [5, 5.41) is 2.76. The van der Waals surface area contributed by atoms with Crippen LogP contribution in [0.1, 0.15) is 53.6 Å². The number of amides is 2. The van der Waals surface area contributed by atoms with Gasteiger partial charge in [-0.25, -0.2) is 19.2 Å². The molecular formula is C27H30FIN6O3. The van der Waals surface area contributed by atoms with Crippen LogP contribution in [-0.4, -0.2) is 55.0 Å². The Morgan fingerprint density at radius 1 is 1.32 bits per heavy atom. The van der Waals surface area contributed by atoms with Crippen molar-refractivity contribution in [3.63, 3.8) is 0 Å². The van der Waals surface area contributed by atoms with Gasteiger partial charge < -0.3 is 20.7 Å². The molecule has 3 aromatic rings. The number of rotatable bonds is 8. The lowest BCUT2D eigenvalue weighted by Crippen LogP contribution is -2.43. The van der Waals surface area contributed by atoms with Gasteiger partial charge in [0.1, 0.15) is 11.4 Å². The highest BCUT2D eigenvalue weighted by molar-refractivity contribution is 14.1. The quantitative estimate of drug-likeness (QED) is 0.211. The topological polar surface area (TPSA) is 123 Å². The van der Waals surface area contributed by atoms with Crippen LogP contribution >= 0.6 is 22.6 Å². The summed E-state index contributed by atoms with van der Waals surface area (Å²) in [6.45, 7) is 6.07. The summed E-state index contributed by atoms with van der Waals surface area (Å²) in [6.07, 6.45) is 3.67. The molecule has 0 saturated heterocycles. The second-order valence-electron chi connectivity index (χ2n) is 9.74. The fraction of sp³-hybridized carbons (Fsp3) is 0.370. The molecule has 0 aliphatic carbocycles. The minimum Gasteiger partial charge on any atom is -0.443 e. The van der Waals surface area contributed by atoms with Crippen molar-refractivity contribution in [2.75, 3.05) is 23.3 Å². The minimum absolute atomic E-state index is 0.102. The molecule has 0 radical (unpaired) electrons. The van der Waals surface area contributed by atoms with Gasteiger partial charge in [0, 0.05) is 41.9 Å². The number of anilines is 1. The molecule has 11 heteroatoms. The molecule has 3 heterocycles. The number of hydrogen-bond donors (Lipinski definition) is 2. The van der Waals surface area contributed by atoms with Crippen molar-refractivity contribution in [1.82, 2.24) is 25.2 Å². The number of ether oxygens (including phenoxy) is 1. The molecule has 2 amide bonds. The number of nitrogens with zero attached hydrogens (tertiary/aromatic N) is 4. The molecule has 1 aromatic carbocycles. The monoisotopic (exact) mass is 632 g/mol. The third-order valence-corrected chi connectivity index (χ3v) is 8.14. The number of alkyl carbamates (subject to hydrolysis) is 1. The van der Waals surface area contributed by atoms with Crippen molar-refractivity contribution >= 4 is 40.5 Å². The number of nitrogens with one attached hydrogen (secondary N) is 1. The summed E-state index contributed by atoms with van der Waals surface area (Å²) >= 11 is 2.17. The van der Waals surface area contributed by atoms with Crippen LogP contribution in [0, 0.1) is 12.7 Å². The van der Waals surface area contributed by atoms with Crippen molar-refractivity contribution in [2.45, 2.75) is 45.3 Å². The molecule has 200 valence electrons. The van der Waals surface area contributed by atoms with Crippen LogP contribution in [0.4, 0.5) is 15.1 Å². The Morgan fingerprint density at radius 3 is 2.82 bits per heavy atom. The number of hydrogen-bond acceptors (Lipinski definition) is 7. The molecule has 0 bridgehead atoms. The average Bonchev–Trinajstić information content (AvgIpc) is 2.87. The van der Waals surface area contributed by atoms with Crippen LogP contribution < -0.4 is 11.1 Å². The van der Waals surface area contributed by atoms with Crippen LogP contribution in [0.5, 0.6) is 0 Å². The highest BCUT2D eigenvalue weighted by Gasteiger charge is 2.37. The van der Waals surface area contributed by atoms with Crippen molar-refractivity contribution in [3.05, 3.63) is 71.1 Å². The van der Waals surface area contributed by atoms with E-state index < -0.39 is 17.7 Å². The summed E-state index contributed by atoms with van der Waals surface area (Å²) < 4.78 is 20.5. The van der Waals surface area contributed by atoms with E-state index in [1.54, 1.807) is 36.4 Å². The van der Waals surface area contributed by atoms with E-state index in [1.807, 2.05) is 19.9 Å². The van der Waals surface area contributed by atoms with Gasteiger partial charge in [-0.1, -0.05) is 34.7 Å². The van der Waals surface area contributed by atoms with Gasteiger partial charge in [-0.3, -0.25) is 9.78 Å². The van der Waals surface area contributed by atoms with Crippen molar-refractivity contribution in [3.8, 4) is 11.1 Å². The lowest BCUT2D eigenvalue weighted by Gasteiger charge is -2.38. The van der Waals surface area contributed by atoms with Gasteiger partial charge in [0.25, 0.3) is 5.91 Å². The number of pyridine rings is 1. The van der Waals surface area contributed by atoms with Gasteiger partial charge in [-0.05, 0) is 56.5 Å². The highest BCUT2D eigenvalue weighted by Crippen LogP contribution is 2.38. The number of aryl methyl sites for hydroxylation is 1. The van der Waals surface area contributed by atoms with Crippen molar-refractivity contribution in [1.29, 1.82) is 0 Å². The van der Waals surface area contributed by atoms with Crippen molar-refractivity contribution < 1.29 is 18.7 Å². The normalized spacial score (nSPS) is 15.2. The third-order valence-electron chi connectivity index (χ3n) is 6.30. The number of carbonyl (C=O) groups is 2. The first-order chi connectivity index (χ1) is 18.1. The summed E-state index contributed by atoms with van der Waals surface area (Å²) in [5.41, 5.74) is 8.98. The predicted molar refractivity (Wildman–Crippen MR) is 150 cm³/mol. The molecule has 0 spiro atoms. The number of alkyl halides is 1. The number of carbonyl (C=O) groups excluding carboxylic acids is 2. The highest BCUT2D eigenvalue weighted by atomic mass is 127. The molecule has 38 heavy (non-hydrogen) atoms. The van der Waals surface area contributed by atoms with Crippen LogP contribution in [0.3, 0.4) is 0 Å². The summed E-state index contributed by atoms with van der Waals surface area (Å²) in [7, 11) is 0. The Morgan fingerprint density at radius 2 is 2.11 bits per heavy atom. The lowest BCUT2D eigenvalue weighted by atomic mass is 9.87. The van der Waals surface area contributed by atoms with Gasteiger partial charge >= 0.3 is 6.09 Å². The first-order valence-electron chi connectivity index (χ1n) is 12.3. The van der Waals surface area contributed by atoms with E-state index in [9.17, 15) is 14.0 Å². The van der Waals surface area contributed by atoms with E-state index in [4.69, 9.17) is 10.5 Å². The molecule has 3 N–H and O–H groups in total. The lowest BCUT2D eigenvalue weighted by molar-refractivity contribution is 0.0573. The van der Waals surface area contributed by atoms with E-state index in [2.05, 4.69) is 42.9 Å². The van der Waals surface area contributed by atoms with Crippen LogP contribution in [-0.2, 0) is 11.2 Å². The van der Waals surface area contributed by atoms with Gasteiger partial charge in [-0.15, -0.1) is 0 Å². The predicted octanol–water partition coefficient (Wildman–Crippen LogP) is 4.64. The van der Waals surface area contributed by atoms with Crippen molar-refractivity contribution in [2.24, 2.45) is 0 Å². The minimum atomic E-state index is -0.576. The smallest absolute Gasteiger partial charge is 0.407 e. The number of nitrogens with two attached hydrogens (primary N) is 1. The Kier molecular flexibility index (Phi) is 8.44. The molecule has 0 fully saturated rings. The second-order valence-corrected chi connectivity index (χ2v) is 10.5. The number of nitrogen functional groups attached to an aromatic ring is 1. The summed E-state index contributed by atoms with van der Waals surface area (Å²) in [6, 6.07) is 7.74. The Labute approximate surface area is 234 Å². The van der Waals surface area contributed by atoms with E-state index in [1.165, 1.54) is 12.1 Å². The van der Waals surface area contributed by atoms with Gasteiger partial charge in [0.05, 0.1) is 23.0 Å². The molecule has 1 aliphatic heterocycles. The maximum absolute atomic E-state index is 14.4. The van der Waals surface area contributed by atoms with Gasteiger partial charge in [0.15, 0.2) is 0 Å². The largest absolute Gasteiger partial charge is 0.443 e. The Balaban J connectivity index is 1.64. The molecule has 1 atom stereocenters. The molecule has 0 unspecified atom stereocenters. The first-order valence-corrected chi connectivity index (χ1v) is 13.8. The van der Waals surface area contributed by atoms with E-state index in [0.717, 1.165) is 11.1 Å². The zero-order valence-corrected chi connectivity index (χ0v) is 23.7. The Hall–Kier alpha value is -3.35. The first kappa shape index (κ1) is 27.7. The number of benzene rings is 1. The number of fused-ring (bicyclic) bond motifs is 1. The zero-order chi connectivity index (χ0) is 27.4. The van der Waals surface area contributed by atoms with E-state index >= 15 is 0 Å². The van der Waals surface area contributed by atoms with Crippen LogP contribution in [0.25, 0.3) is 11.1 Å². The molecule has 1 aliphatic rings. The standard InChI is InChI=1S/C27H30FIN6O3/c1-16-23-21(34-25(30)33-16)13-22(19-8-7-18(28)12-20(19)17-6-4-9-31-14-17)35(24(23)36)11-5-10-32-26(37)38-27(2,3)15-29/h4,6-9,12,14,22H,5,10-11,13,15H2,1-3H3,(H,32,37)(H2,30,33,34)/t22-/m1/s1. The summed E-state index contributed by atoms with van der Waals surface area (Å²) in [4.78, 5) is 40.5. The maximum atomic E-state index is 14.4. The van der Waals surface area contributed by atoms with Gasteiger partial charge in [0.2, 0.25) is 5.95 Å². The van der Waals surface area contributed by atoms with E-state index in [-0.39, 0.29) is 17.7 Å². The maximum Gasteiger partial charge on any atom is 0.407 e. The SMILES string of the molecule is Cc1nc(N)nc2c1C(=O)N(CCCNC(=O)OC(C)(C)CI)[C@@H](c1ccc(F)cc1-c1cccnc1)C2. The molecule has 0 saturated carbocycles. The number of aromatic nitrogens is 3. The zero-order valence-electron chi connectivity index (χ0n) is 21.5. The fourth-order valence-corrected chi connectivity index (χ4v) is 4.70. The number of halogens is 2. The van der Waals surface area contributed by atoms with Crippen LogP contribution in [0.15, 0.2) is 42.7 Å². The van der Waals surface area contributed by atoms with E-state index in [0.29, 0.717) is 52.9 Å². The Bertz CT molecular complexity index is 1340. The van der Waals surface area contributed by atoms with Crippen LogP contribution in [0.2, 0.25) is 0 Å². The van der Waals surface area contributed by atoms with Gasteiger partial charge in [-0.2, -0.15) is 0 Å². The molecule has 2 aromatic heterocycles. The third kappa shape index (κ3) is 6.20.